The van der Waals surface area contributed by atoms with Crippen LogP contribution in [0.3, 0.4) is 0 Å². The molecule has 0 bridgehead atoms. The SMILES string of the molecule is Cc1ccc(C#CC2(F)CC[C@@H](C(=O)O)[C@H](c3ccccc3)C2)nn1. The molecule has 1 saturated carbocycles. The quantitative estimate of drug-likeness (QED) is 0.851. The summed E-state index contributed by atoms with van der Waals surface area (Å²) in [6, 6.07) is 12.7. The van der Waals surface area contributed by atoms with Gasteiger partial charge >= 0.3 is 5.97 Å². The first kappa shape index (κ1) is 17.1. The number of nitrogens with zero attached hydrogens (tertiary/aromatic N) is 2. The van der Waals surface area contributed by atoms with Gasteiger partial charge in [0.15, 0.2) is 5.67 Å². The molecule has 1 aliphatic rings. The predicted octanol–water partition coefficient (Wildman–Crippen LogP) is 3.51. The van der Waals surface area contributed by atoms with Crippen LogP contribution in [0, 0.1) is 24.7 Å². The smallest absolute Gasteiger partial charge is 0.307 e. The molecule has 1 aliphatic carbocycles. The molecule has 1 unspecified atom stereocenters. The molecule has 0 saturated heterocycles. The monoisotopic (exact) mass is 338 g/mol. The van der Waals surface area contributed by atoms with Crippen LogP contribution in [-0.2, 0) is 4.79 Å². The molecule has 0 radical (unpaired) electrons. The lowest BCUT2D eigenvalue weighted by Crippen LogP contribution is -2.37. The largest absolute Gasteiger partial charge is 0.481 e. The van der Waals surface area contributed by atoms with Crippen molar-refractivity contribution in [3.05, 3.63) is 59.4 Å². The maximum Gasteiger partial charge on any atom is 0.307 e. The number of carbonyl (C=O) groups is 1. The van der Waals surface area contributed by atoms with Crippen LogP contribution in [0.25, 0.3) is 0 Å². The number of carboxylic acids is 1. The zero-order chi connectivity index (χ0) is 17.9. The summed E-state index contributed by atoms with van der Waals surface area (Å²) in [5.41, 5.74) is 0.304. The Morgan fingerprint density at radius 2 is 2.00 bits per heavy atom. The van der Waals surface area contributed by atoms with Crippen LogP contribution in [0.5, 0.6) is 0 Å². The van der Waals surface area contributed by atoms with E-state index in [0.29, 0.717) is 5.69 Å². The Bertz CT molecular complexity index is 811. The highest BCUT2D eigenvalue weighted by atomic mass is 19.1. The van der Waals surface area contributed by atoms with E-state index in [0.717, 1.165) is 11.3 Å². The number of carboxylic acid groups (broad SMARTS) is 1. The molecule has 3 rings (SSSR count). The molecular formula is C20H19FN2O2. The van der Waals surface area contributed by atoms with Gasteiger partial charge in [-0.2, -0.15) is 5.10 Å². The van der Waals surface area contributed by atoms with E-state index in [1.165, 1.54) is 0 Å². The average Bonchev–Trinajstić information content (AvgIpc) is 2.62. The van der Waals surface area contributed by atoms with E-state index in [-0.39, 0.29) is 19.3 Å². The molecule has 2 aromatic rings. The molecule has 0 aliphatic heterocycles. The van der Waals surface area contributed by atoms with Crippen molar-refractivity contribution < 1.29 is 14.3 Å². The topological polar surface area (TPSA) is 63.1 Å². The van der Waals surface area contributed by atoms with Gasteiger partial charge in [0.25, 0.3) is 0 Å². The normalized spacial score (nSPS) is 25.7. The third-order valence-corrected chi connectivity index (χ3v) is 4.64. The minimum absolute atomic E-state index is 0.0697. The molecule has 4 nitrogen and oxygen atoms in total. The van der Waals surface area contributed by atoms with E-state index in [1.54, 1.807) is 12.1 Å². The van der Waals surface area contributed by atoms with Crippen LogP contribution in [0.4, 0.5) is 4.39 Å². The number of alkyl halides is 1. The minimum Gasteiger partial charge on any atom is -0.481 e. The van der Waals surface area contributed by atoms with Crippen molar-refractivity contribution in [2.75, 3.05) is 0 Å². The molecule has 0 spiro atoms. The molecule has 25 heavy (non-hydrogen) atoms. The Morgan fingerprint density at radius 1 is 1.24 bits per heavy atom. The Balaban J connectivity index is 1.86. The van der Waals surface area contributed by atoms with Gasteiger partial charge in [-0.1, -0.05) is 36.3 Å². The van der Waals surface area contributed by atoms with Crippen LogP contribution in [-0.4, -0.2) is 26.9 Å². The van der Waals surface area contributed by atoms with Crippen molar-refractivity contribution in [1.82, 2.24) is 10.2 Å². The molecular weight excluding hydrogens is 319 g/mol. The summed E-state index contributed by atoms with van der Waals surface area (Å²) in [6.45, 7) is 1.82. The lowest BCUT2D eigenvalue weighted by Gasteiger charge is -2.35. The van der Waals surface area contributed by atoms with Crippen molar-refractivity contribution in [2.24, 2.45) is 5.92 Å². The number of benzene rings is 1. The summed E-state index contributed by atoms with van der Waals surface area (Å²) in [5.74, 6) is 3.57. The Morgan fingerprint density at radius 3 is 2.64 bits per heavy atom. The molecule has 1 N–H and O–H groups in total. The van der Waals surface area contributed by atoms with Crippen LogP contribution >= 0.6 is 0 Å². The number of hydrogen-bond donors (Lipinski definition) is 1. The molecule has 1 aromatic carbocycles. The summed E-state index contributed by atoms with van der Waals surface area (Å²) in [7, 11) is 0. The average molecular weight is 338 g/mol. The lowest BCUT2D eigenvalue weighted by molar-refractivity contribution is -0.144. The van der Waals surface area contributed by atoms with E-state index in [4.69, 9.17) is 0 Å². The Labute approximate surface area is 146 Å². The van der Waals surface area contributed by atoms with Crippen molar-refractivity contribution in [3.63, 3.8) is 0 Å². The van der Waals surface area contributed by atoms with Crippen LogP contribution in [0.15, 0.2) is 42.5 Å². The number of aliphatic carboxylic acids is 1. The number of hydrogen-bond acceptors (Lipinski definition) is 3. The summed E-state index contributed by atoms with van der Waals surface area (Å²) in [5, 5.41) is 17.3. The minimum atomic E-state index is -1.72. The third kappa shape index (κ3) is 4.03. The van der Waals surface area contributed by atoms with Crippen molar-refractivity contribution in [1.29, 1.82) is 0 Å². The Hall–Kier alpha value is -2.74. The highest BCUT2D eigenvalue weighted by Crippen LogP contribution is 2.44. The molecule has 1 fully saturated rings. The maximum atomic E-state index is 15.3. The number of aryl methyl sites for hydroxylation is 1. The standard InChI is InChI=1S/C20H19FN2O2/c1-14-7-8-16(23-22-14)9-11-20(21)12-10-17(19(24)25)18(13-20)15-5-3-2-4-6-15/h2-8,17-18H,10,12-13H2,1H3,(H,24,25)/t17-,18+,20?/m1/s1. The predicted molar refractivity (Wildman–Crippen MR) is 91.6 cm³/mol. The van der Waals surface area contributed by atoms with E-state index in [2.05, 4.69) is 22.0 Å². The molecule has 128 valence electrons. The van der Waals surface area contributed by atoms with Crippen molar-refractivity contribution >= 4 is 5.97 Å². The van der Waals surface area contributed by atoms with Crippen molar-refractivity contribution in [2.45, 2.75) is 37.8 Å². The number of rotatable bonds is 2. The first-order valence-corrected chi connectivity index (χ1v) is 8.27. The van der Waals surface area contributed by atoms with Gasteiger partial charge in [-0.25, -0.2) is 4.39 Å². The van der Waals surface area contributed by atoms with Crippen LogP contribution in [0.2, 0.25) is 0 Å². The van der Waals surface area contributed by atoms with E-state index in [1.807, 2.05) is 37.3 Å². The van der Waals surface area contributed by atoms with Gasteiger partial charge in [-0.05, 0) is 43.4 Å². The fourth-order valence-corrected chi connectivity index (χ4v) is 3.28. The summed E-state index contributed by atoms with van der Waals surface area (Å²) in [6.07, 6.45) is 0.444. The zero-order valence-corrected chi connectivity index (χ0v) is 13.9. The van der Waals surface area contributed by atoms with Gasteiger partial charge in [0.05, 0.1) is 11.6 Å². The van der Waals surface area contributed by atoms with Crippen LogP contribution < -0.4 is 0 Å². The fourth-order valence-electron chi connectivity index (χ4n) is 3.28. The zero-order valence-electron chi connectivity index (χ0n) is 13.9. The summed E-state index contributed by atoms with van der Waals surface area (Å²) < 4.78 is 15.3. The van der Waals surface area contributed by atoms with Crippen molar-refractivity contribution in [3.8, 4) is 11.8 Å². The van der Waals surface area contributed by atoms with E-state index < -0.39 is 23.5 Å². The third-order valence-electron chi connectivity index (χ3n) is 4.64. The molecule has 5 heteroatoms. The lowest BCUT2D eigenvalue weighted by atomic mass is 9.70. The molecule has 1 aromatic heterocycles. The van der Waals surface area contributed by atoms with Gasteiger partial charge in [0.1, 0.15) is 5.69 Å². The summed E-state index contributed by atoms with van der Waals surface area (Å²) in [4.78, 5) is 11.6. The highest BCUT2D eigenvalue weighted by Gasteiger charge is 2.43. The van der Waals surface area contributed by atoms with Gasteiger partial charge in [0.2, 0.25) is 0 Å². The maximum absolute atomic E-state index is 15.3. The first-order valence-electron chi connectivity index (χ1n) is 8.27. The van der Waals surface area contributed by atoms with E-state index >= 15 is 4.39 Å². The second-order valence-corrected chi connectivity index (χ2v) is 6.48. The first-order chi connectivity index (χ1) is 12.0. The molecule has 1 heterocycles. The Kier molecular flexibility index (Phi) is 4.80. The van der Waals surface area contributed by atoms with Gasteiger partial charge < -0.3 is 5.11 Å². The fraction of sp³-hybridized carbons (Fsp3) is 0.350. The second kappa shape index (κ2) is 7.02. The number of halogens is 1. The molecule has 3 atom stereocenters. The van der Waals surface area contributed by atoms with Crippen LogP contribution in [0.1, 0.15) is 42.1 Å². The highest BCUT2D eigenvalue weighted by molar-refractivity contribution is 5.71. The number of aromatic nitrogens is 2. The second-order valence-electron chi connectivity index (χ2n) is 6.48. The summed E-state index contributed by atoms with van der Waals surface area (Å²) >= 11 is 0. The molecule has 0 amide bonds. The van der Waals surface area contributed by atoms with Gasteiger partial charge in [0, 0.05) is 12.3 Å². The van der Waals surface area contributed by atoms with Gasteiger partial charge in [-0.3, -0.25) is 4.79 Å². The van der Waals surface area contributed by atoms with Gasteiger partial charge in [-0.15, -0.1) is 5.10 Å². The van der Waals surface area contributed by atoms with E-state index in [9.17, 15) is 9.90 Å².